The van der Waals surface area contributed by atoms with Crippen molar-refractivity contribution in [2.45, 2.75) is 297 Å². The first-order valence-electron chi connectivity index (χ1n) is 40.3. The Bertz CT molecular complexity index is 3380. The molecule has 0 aliphatic carbocycles. The number of carbonyl (C=O) groups excluding carboxylic acids is 4. The van der Waals surface area contributed by atoms with Gasteiger partial charge in [0.2, 0.25) is 17.7 Å². The van der Waals surface area contributed by atoms with E-state index in [0.717, 1.165) is 20.8 Å². The summed E-state index contributed by atoms with van der Waals surface area (Å²) in [7, 11) is -4.26. The number of nitrogens with one attached hydrogen (secondary N) is 4. The minimum absolute atomic E-state index is 0.0127. The number of carbonyl (C=O) groups is 4. The molecule has 9 aliphatic heterocycles. The van der Waals surface area contributed by atoms with E-state index in [0.29, 0.717) is 0 Å². The van der Waals surface area contributed by atoms with Crippen LogP contribution in [0.25, 0.3) is 0 Å². The maximum atomic E-state index is 13.2. The van der Waals surface area contributed by atoms with E-state index in [-0.39, 0.29) is 39.6 Å². The highest BCUT2D eigenvalue weighted by Gasteiger charge is 2.61. The quantitative estimate of drug-likeness (QED) is 0.0200. The zero-order chi connectivity index (χ0) is 93.5. The summed E-state index contributed by atoms with van der Waals surface area (Å²) in [6.07, 6.45) is -90.1. The van der Waals surface area contributed by atoms with Crippen molar-refractivity contribution >= 4 is 31.4 Å². The van der Waals surface area contributed by atoms with Gasteiger partial charge in [0.1, 0.15) is 226 Å². The van der Waals surface area contributed by atoms with Gasteiger partial charge >= 0.3 is 13.7 Å². The number of alkyl carbamates (subject to hydrolysis) is 1. The summed E-state index contributed by atoms with van der Waals surface area (Å²) in [4.78, 5) is 69.3. The normalized spacial score (nSPS) is 44.7. The molecule has 9 saturated heterocycles. The Morgan fingerprint density at radius 3 is 1.00 bits per heavy atom. The zero-order valence-electron chi connectivity index (χ0n) is 68.1. The molecule has 18 unspecified atom stereocenters. The summed E-state index contributed by atoms with van der Waals surface area (Å²) < 4.78 is 133. The fourth-order valence-electron chi connectivity index (χ4n) is 15.2. The van der Waals surface area contributed by atoms with Gasteiger partial charge in [0.25, 0.3) is 0 Å². The van der Waals surface area contributed by atoms with Crippen LogP contribution in [0.3, 0.4) is 0 Å². The molecule has 0 aromatic heterocycles. The molecule has 127 heavy (non-hydrogen) atoms. The molecule has 0 spiro atoms. The van der Waals surface area contributed by atoms with Gasteiger partial charge in [0.15, 0.2) is 56.6 Å². The largest absolute Gasteiger partial charge is 0.447 e. The topological polar surface area (TPSA) is 874 Å². The van der Waals surface area contributed by atoms with Crippen LogP contribution in [0.5, 0.6) is 0 Å². The SMILES string of the molecule is CC(=O)NC1[C@H](OCCNC(=O)OCCOCCOCCP(=O)(O)O)OC(CO)[C@@H](O[C@@H]2OC(CO)[C@@H](O[C@@H]3OC(CO[C@H]4OC(CO[C@H]5OC(CO)[C@@H](O)[C@H](O)C5O)[C@@H](O)[C@H](O[C@H]5O[C@@H](CO)[C@@H](O)C(O)C5O)C4O)[C@@H](O)[C@H](O[C@H]4O[C@@H](CO)[C@@H](O)C(O)C4O[C@@H]4OC(CO)[C@@H](O[C@@H]5OC(CO)[C@H](O)[C@H](O)C5O)[C@H](O)C4NC(C)=O)C3O)[C@H](O)C2NC(C)=O)[C@@H]1O. The van der Waals surface area contributed by atoms with Gasteiger partial charge in [-0.3, -0.25) is 18.9 Å². The van der Waals surface area contributed by atoms with Crippen LogP contribution in [-0.2, 0) is 118 Å². The van der Waals surface area contributed by atoms with Crippen molar-refractivity contribution < 1.29 is 261 Å². The third-order valence-corrected chi connectivity index (χ3v) is 22.7. The van der Waals surface area contributed by atoms with Crippen LogP contribution >= 0.6 is 7.60 Å². The highest BCUT2D eigenvalue weighted by molar-refractivity contribution is 7.51. The first-order chi connectivity index (χ1) is 60.1. The predicted molar refractivity (Wildman–Crippen MR) is 393 cm³/mol. The Balaban J connectivity index is 1.00. The predicted octanol–water partition coefficient (Wildman–Crippen LogP) is -20.2. The number of aliphatic hydroxyl groups excluding tert-OH is 25. The van der Waals surface area contributed by atoms with Crippen LogP contribution in [-0.4, -0.2) is 549 Å². The van der Waals surface area contributed by atoms with E-state index in [1.807, 2.05) is 0 Å². The standard InChI is InChI=1S/C69H119N4O53P/c1-21(81)71-33-42(90)54(28(16-78)116-60(33)108-5-4-70-69(102)109-9-8-106-6-7-107-10-11-127(103,104)105)121-61-34(72-22(2)82)43(91)56(30(18-80)117-61)123-67-53(101)58(125-68-59(48(96)39(87)27(15-77)115-68)126-62-35(73-23(3)83)44(92)55(29(17-79)118-62)122-65-50(98)46(94)37(85)25(13-75)113-65)41(89)32(120-67)20-111-64-52(100)57(124-66-51(99)47(95)38(86)26(14-76)114-66)40(88)31(119-64)19-110-63-49(97)45(93)36(84)24(12-74)112-63/h24-68,74-80,84-101H,4-20H2,1-3H3,(H,70,102)(H,71,81)(H,72,82)(H,73,83)(H2,103,104,105)/t24?,25?,26-,27-,28?,29?,30?,31?,32?,33?,34?,35?,36+,37-,38+,39+,40+,41+,42+,43+,44+,45-,46-,47?,48?,49?,50?,51?,52?,53?,54+,55+,56+,57-,58-,59?,60+,61-,62-,63-,64-,65-,66+,67-,68+/m0/s1. The van der Waals surface area contributed by atoms with Crippen molar-refractivity contribution in [1.82, 2.24) is 21.3 Å². The minimum atomic E-state index is -4.26. The first kappa shape index (κ1) is 107. The molecule has 9 aliphatic rings. The Morgan fingerprint density at radius 2 is 0.583 bits per heavy atom. The van der Waals surface area contributed by atoms with E-state index in [1.165, 1.54) is 0 Å². The van der Waals surface area contributed by atoms with E-state index in [4.69, 9.17) is 109 Å². The molecule has 45 atom stereocenters. The molecule has 0 aromatic carbocycles. The van der Waals surface area contributed by atoms with E-state index < -0.39 is 380 Å². The van der Waals surface area contributed by atoms with E-state index >= 15 is 0 Å². The third-order valence-electron chi connectivity index (χ3n) is 21.9. The lowest BCUT2D eigenvalue weighted by Gasteiger charge is -2.51. The number of hydrogen-bond acceptors (Lipinski definition) is 51. The van der Waals surface area contributed by atoms with Crippen LogP contribution in [0, 0.1) is 0 Å². The molecule has 31 N–H and O–H groups in total. The van der Waals surface area contributed by atoms with Gasteiger partial charge in [-0.2, -0.15) is 0 Å². The van der Waals surface area contributed by atoms with E-state index in [9.17, 15) is 151 Å². The summed E-state index contributed by atoms with van der Waals surface area (Å²) >= 11 is 0. The van der Waals surface area contributed by atoms with Crippen LogP contribution in [0.4, 0.5) is 4.79 Å². The second kappa shape index (κ2) is 49.0. The van der Waals surface area contributed by atoms with Gasteiger partial charge in [0.05, 0.1) is 98.7 Å². The minimum Gasteiger partial charge on any atom is -0.447 e. The molecule has 0 saturated carbocycles. The summed E-state index contributed by atoms with van der Waals surface area (Å²) in [6.45, 7) is -8.42. The van der Waals surface area contributed by atoms with Gasteiger partial charge in [-0.1, -0.05) is 0 Å². The number of rotatable bonds is 41. The fourth-order valence-corrected chi connectivity index (χ4v) is 15.5. The lowest BCUT2D eigenvalue weighted by Crippen LogP contribution is -2.71. The average molecular weight is 1880 g/mol. The maximum absolute atomic E-state index is 13.2. The number of aliphatic hydroxyl groups is 25. The average Bonchev–Trinajstić information content (AvgIpc) is 0.813. The first-order valence-corrected chi connectivity index (χ1v) is 42.1. The molecule has 58 heteroatoms. The molecule has 0 bridgehead atoms. The Hall–Kier alpha value is -3.97. The highest BCUT2D eigenvalue weighted by atomic mass is 31.2. The lowest BCUT2D eigenvalue weighted by atomic mass is 9.93. The van der Waals surface area contributed by atoms with Crippen LogP contribution in [0.15, 0.2) is 0 Å². The number of hydrogen-bond donors (Lipinski definition) is 31. The molecule has 9 heterocycles. The molecule has 4 amide bonds. The Morgan fingerprint density at radius 1 is 0.283 bits per heavy atom. The zero-order valence-corrected chi connectivity index (χ0v) is 69.0. The van der Waals surface area contributed by atoms with Crippen molar-refractivity contribution in [3.63, 3.8) is 0 Å². The van der Waals surface area contributed by atoms with Crippen molar-refractivity contribution in [3.8, 4) is 0 Å². The molecular formula is C69H119N4O53P. The summed E-state index contributed by atoms with van der Waals surface area (Å²) in [5, 5.41) is 289. The Labute approximate surface area is 720 Å². The molecule has 738 valence electrons. The van der Waals surface area contributed by atoms with Crippen LogP contribution < -0.4 is 21.3 Å². The van der Waals surface area contributed by atoms with Gasteiger partial charge in [0, 0.05) is 27.3 Å². The second-order valence-electron chi connectivity index (χ2n) is 31.0. The Kier molecular flexibility index (Phi) is 41.2. The fraction of sp³-hybridized carbons (Fsp3) is 0.942. The third kappa shape index (κ3) is 26.8. The smallest absolute Gasteiger partial charge is 0.407 e. The molecule has 0 radical (unpaired) electrons. The maximum Gasteiger partial charge on any atom is 0.407 e. The number of ether oxygens (including phenoxy) is 21. The van der Waals surface area contributed by atoms with Crippen molar-refractivity contribution in [2.75, 3.05) is 112 Å². The van der Waals surface area contributed by atoms with Gasteiger partial charge in [-0.05, 0) is 0 Å². The molecule has 57 nitrogen and oxygen atoms in total. The summed E-state index contributed by atoms with van der Waals surface area (Å²) in [6, 6.07) is -5.60. The summed E-state index contributed by atoms with van der Waals surface area (Å²) in [5.41, 5.74) is 0. The van der Waals surface area contributed by atoms with Crippen molar-refractivity contribution in [2.24, 2.45) is 0 Å². The van der Waals surface area contributed by atoms with Crippen molar-refractivity contribution in [1.29, 1.82) is 0 Å². The second-order valence-corrected chi connectivity index (χ2v) is 32.8. The van der Waals surface area contributed by atoms with E-state index in [1.54, 1.807) is 0 Å². The van der Waals surface area contributed by atoms with Crippen molar-refractivity contribution in [3.05, 3.63) is 0 Å². The highest BCUT2D eigenvalue weighted by Crippen LogP contribution is 2.40. The van der Waals surface area contributed by atoms with Gasteiger partial charge in [-0.15, -0.1) is 0 Å². The lowest BCUT2D eigenvalue weighted by molar-refractivity contribution is -0.398. The van der Waals surface area contributed by atoms with Crippen LogP contribution in [0.2, 0.25) is 0 Å². The number of amides is 4. The molecule has 0 aromatic rings. The van der Waals surface area contributed by atoms with Gasteiger partial charge < -0.3 is 258 Å². The van der Waals surface area contributed by atoms with E-state index in [2.05, 4.69) is 21.3 Å². The van der Waals surface area contributed by atoms with Gasteiger partial charge in [-0.25, -0.2) is 4.79 Å². The molecule has 9 rings (SSSR count). The molecule has 9 fully saturated rings. The monoisotopic (exact) mass is 1880 g/mol. The molecular weight excluding hydrogens is 1760 g/mol. The van der Waals surface area contributed by atoms with Crippen LogP contribution in [0.1, 0.15) is 20.8 Å². The summed E-state index contributed by atoms with van der Waals surface area (Å²) in [5.74, 6) is -2.76.